The predicted octanol–water partition coefficient (Wildman–Crippen LogP) is 8.01. The van der Waals surface area contributed by atoms with Crippen molar-refractivity contribution in [3.63, 3.8) is 0 Å². The molecule has 0 fully saturated rings. The Hall–Kier alpha value is -1.58. The molecular weight excluding hydrogens is 388 g/mol. The molecule has 0 aliphatic rings. The van der Waals surface area contributed by atoms with Crippen molar-refractivity contribution in [1.82, 2.24) is 0 Å². The maximum Gasteiger partial charge on any atom is 0.309 e. The summed E-state index contributed by atoms with van der Waals surface area (Å²) in [5, 5.41) is 8.97. The van der Waals surface area contributed by atoms with E-state index in [9.17, 15) is 9.59 Å². The molecule has 0 aromatic carbocycles. The fraction of sp³-hybridized carbons (Fsp3) is 0.778. The number of carbonyl (C=O) groups is 2. The molecule has 1 unspecified atom stereocenters. The van der Waals surface area contributed by atoms with E-state index in [4.69, 9.17) is 9.84 Å². The minimum atomic E-state index is -0.956. The van der Waals surface area contributed by atoms with E-state index in [0.29, 0.717) is 6.42 Å². The van der Waals surface area contributed by atoms with E-state index in [0.717, 1.165) is 25.7 Å². The highest BCUT2D eigenvalue weighted by atomic mass is 16.5. The van der Waals surface area contributed by atoms with Crippen LogP contribution in [0.1, 0.15) is 122 Å². The van der Waals surface area contributed by atoms with Gasteiger partial charge in [-0.1, -0.05) is 109 Å². The molecule has 1 atom stereocenters. The number of hydrogen-bond donors (Lipinski definition) is 1. The minimum absolute atomic E-state index is 0.136. The number of hydrogen-bond acceptors (Lipinski definition) is 3. The summed E-state index contributed by atoms with van der Waals surface area (Å²) < 4.78 is 5.01. The van der Waals surface area contributed by atoms with E-state index in [1.165, 1.54) is 83.1 Å². The number of allylic oxidation sites excluding steroid dienone is 2. The van der Waals surface area contributed by atoms with Crippen LogP contribution in [0.5, 0.6) is 0 Å². The zero-order valence-corrected chi connectivity index (χ0v) is 20.1. The van der Waals surface area contributed by atoms with Crippen LogP contribution >= 0.6 is 0 Å². The lowest BCUT2D eigenvalue weighted by atomic mass is 9.98. The Bertz CT molecular complexity index is 470. The van der Waals surface area contributed by atoms with Gasteiger partial charge in [-0.2, -0.15) is 0 Å². The second-order valence-corrected chi connectivity index (χ2v) is 8.65. The first-order valence-corrected chi connectivity index (χ1v) is 12.8. The molecule has 0 saturated heterocycles. The SMILES string of the molecule is C=CCOC(=O)C(CCCC/C=C/CCCCCCCCCCCCCC)CC(=O)O. The molecule has 0 heterocycles. The van der Waals surface area contributed by atoms with Crippen LogP contribution < -0.4 is 0 Å². The highest BCUT2D eigenvalue weighted by molar-refractivity contribution is 5.79. The molecule has 0 bridgehead atoms. The second kappa shape index (κ2) is 23.1. The number of rotatable bonds is 23. The normalized spacial score (nSPS) is 12.2. The topological polar surface area (TPSA) is 63.6 Å². The lowest BCUT2D eigenvalue weighted by Crippen LogP contribution is -2.21. The van der Waals surface area contributed by atoms with Gasteiger partial charge in [-0.05, 0) is 32.1 Å². The molecule has 4 nitrogen and oxygen atoms in total. The van der Waals surface area contributed by atoms with Crippen molar-refractivity contribution in [2.45, 2.75) is 122 Å². The summed E-state index contributed by atoms with van der Waals surface area (Å²) in [7, 11) is 0. The molecule has 31 heavy (non-hydrogen) atoms. The summed E-state index contributed by atoms with van der Waals surface area (Å²) in [4.78, 5) is 22.8. The van der Waals surface area contributed by atoms with Gasteiger partial charge in [0.15, 0.2) is 0 Å². The van der Waals surface area contributed by atoms with Crippen molar-refractivity contribution in [1.29, 1.82) is 0 Å². The van der Waals surface area contributed by atoms with Crippen molar-refractivity contribution >= 4 is 11.9 Å². The number of carboxylic acid groups (broad SMARTS) is 1. The average molecular weight is 437 g/mol. The highest BCUT2D eigenvalue weighted by Gasteiger charge is 2.22. The van der Waals surface area contributed by atoms with Gasteiger partial charge < -0.3 is 9.84 Å². The first-order valence-electron chi connectivity index (χ1n) is 12.8. The van der Waals surface area contributed by atoms with E-state index in [1.54, 1.807) is 0 Å². The number of carboxylic acids is 1. The molecule has 0 radical (unpaired) electrons. The van der Waals surface area contributed by atoms with Crippen LogP contribution in [0.15, 0.2) is 24.8 Å². The molecule has 1 N–H and O–H groups in total. The molecular formula is C27H48O4. The summed E-state index contributed by atoms with van der Waals surface area (Å²) in [6, 6.07) is 0. The van der Waals surface area contributed by atoms with Gasteiger partial charge in [-0.25, -0.2) is 0 Å². The Morgan fingerprint density at radius 2 is 1.29 bits per heavy atom. The summed E-state index contributed by atoms with van der Waals surface area (Å²) in [6.45, 7) is 5.91. The molecule has 4 heteroatoms. The van der Waals surface area contributed by atoms with E-state index in [1.807, 2.05) is 0 Å². The van der Waals surface area contributed by atoms with Crippen molar-refractivity contribution in [3.05, 3.63) is 24.8 Å². The Morgan fingerprint density at radius 1 is 0.806 bits per heavy atom. The third-order valence-corrected chi connectivity index (χ3v) is 5.66. The van der Waals surface area contributed by atoms with Gasteiger partial charge in [0.05, 0.1) is 12.3 Å². The summed E-state index contributed by atoms with van der Waals surface area (Å²) >= 11 is 0. The largest absolute Gasteiger partial charge is 0.481 e. The maximum atomic E-state index is 11.9. The Balaban J connectivity index is 3.54. The third kappa shape index (κ3) is 21.4. The van der Waals surface area contributed by atoms with E-state index in [-0.39, 0.29) is 13.0 Å². The number of unbranched alkanes of at least 4 members (excludes halogenated alkanes) is 14. The van der Waals surface area contributed by atoms with E-state index >= 15 is 0 Å². The fourth-order valence-electron chi connectivity index (χ4n) is 3.76. The molecule has 0 saturated carbocycles. The second-order valence-electron chi connectivity index (χ2n) is 8.65. The number of esters is 1. The third-order valence-electron chi connectivity index (χ3n) is 5.66. The van der Waals surface area contributed by atoms with Crippen molar-refractivity contribution < 1.29 is 19.4 Å². The van der Waals surface area contributed by atoms with Crippen LogP contribution in [0.25, 0.3) is 0 Å². The number of aliphatic carboxylic acids is 1. The van der Waals surface area contributed by atoms with Gasteiger partial charge in [0, 0.05) is 0 Å². The first-order chi connectivity index (χ1) is 15.1. The molecule has 0 aliphatic heterocycles. The molecule has 0 rings (SSSR count). The van der Waals surface area contributed by atoms with Crippen LogP contribution in [0, 0.1) is 5.92 Å². The quantitative estimate of drug-likeness (QED) is 0.100. The van der Waals surface area contributed by atoms with Crippen molar-refractivity contribution in [2.75, 3.05) is 6.61 Å². The zero-order chi connectivity index (χ0) is 23.0. The standard InChI is InChI=1S/C27H48O4/c1-3-5-6-7-8-9-10-11-12-13-14-15-16-17-18-19-20-21-22-25(24-26(28)29)27(30)31-23-4-2/h4,17-18,25H,2-3,5-16,19-24H2,1H3,(H,28,29)/b18-17+. The Morgan fingerprint density at radius 3 is 1.77 bits per heavy atom. The van der Waals surface area contributed by atoms with Crippen LogP contribution in [-0.4, -0.2) is 23.7 Å². The maximum absolute atomic E-state index is 11.9. The Kier molecular flexibility index (Phi) is 21.9. The van der Waals surface area contributed by atoms with Crippen LogP contribution in [0.2, 0.25) is 0 Å². The number of carbonyl (C=O) groups excluding carboxylic acids is 1. The molecule has 0 aliphatic carbocycles. The minimum Gasteiger partial charge on any atom is -0.481 e. The Labute approximate surface area is 191 Å². The van der Waals surface area contributed by atoms with Crippen molar-refractivity contribution in [3.8, 4) is 0 Å². The number of ether oxygens (including phenoxy) is 1. The van der Waals surface area contributed by atoms with Gasteiger partial charge in [-0.3, -0.25) is 9.59 Å². The van der Waals surface area contributed by atoms with Crippen LogP contribution in [0.3, 0.4) is 0 Å². The lowest BCUT2D eigenvalue weighted by molar-refractivity contribution is -0.152. The summed E-state index contributed by atoms with van der Waals surface area (Å²) in [6.07, 6.45) is 26.9. The smallest absolute Gasteiger partial charge is 0.309 e. The van der Waals surface area contributed by atoms with Gasteiger partial charge in [0.25, 0.3) is 0 Å². The van der Waals surface area contributed by atoms with Gasteiger partial charge >= 0.3 is 11.9 Å². The first kappa shape index (κ1) is 29.4. The van der Waals surface area contributed by atoms with E-state index in [2.05, 4.69) is 25.7 Å². The van der Waals surface area contributed by atoms with Crippen LogP contribution in [-0.2, 0) is 14.3 Å². The van der Waals surface area contributed by atoms with Crippen LogP contribution in [0.4, 0.5) is 0 Å². The summed E-state index contributed by atoms with van der Waals surface area (Å²) in [5.41, 5.74) is 0. The monoisotopic (exact) mass is 436 g/mol. The molecule has 0 aromatic rings. The van der Waals surface area contributed by atoms with E-state index < -0.39 is 17.9 Å². The molecule has 180 valence electrons. The average Bonchev–Trinajstić information content (AvgIpc) is 2.75. The molecule has 0 spiro atoms. The molecule has 0 amide bonds. The van der Waals surface area contributed by atoms with Crippen molar-refractivity contribution in [2.24, 2.45) is 5.92 Å². The van der Waals surface area contributed by atoms with Gasteiger partial charge in [0.1, 0.15) is 6.61 Å². The fourth-order valence-corrected chi connectivity index (χ4v) is 3.76. The zero-order valence-electron chi connectivity index (χ0n) is 20.1. The summed E-state index contributed by atoms with van der Waals surface area (Å²) in [5.74, 6) is -1.94. The van der Waals surface area contributed by atoms with Gasteiger partial charge in [-0.15, -0.1) is 0 Å². The highest BCUT2D eigenvalue weighted by Crippen LogP contribution is 2.17. The van der Waals surface area contributed by atoms with Gasteiger partial charge in [0.2, 0.25) is 0 Å². The predicted molar refractivity (Wildman–Crippen MR) is 130 cm³/mol. The molecule has 0 aromatic heterocycles. The lowest BCUT2D eigenvalue weighted by Gasteiger charge is -2.13.